The number of ether oxygens (including phenoxy) is 2. The van der Waals surface area contributed by atoms with Gasteiger partial charge >= 0.3 is 16.3 Å². The Bertz CT molecular complexity index is 1610. The van der Waals surface area contributed by atoms with Gasteiger partial charge < -0.3 is 14.4 Å². The number of halogens is 1. The first-order chi connectivity index (χ1) is 19.8. The summed E-state index contributed by atoms with van der Waals surface area (Å²) >= 11 is 0. The molecular weight excluding hydrogens is 563 g/mol. The fraction of sp³-hybridized carbons (Fsp3) is 0.448. The zero-order valence-corrected chi connectivity index (χ0v) is 25.2. The zero-order valence-electron chi connectivity index (χ0n) is 24.3. The minimum atomic E-state index is -3.95. The lowest BCUT2D eigenvalue weighted by molar-refractivity contribution is 0.0184. The minimum absolute atomic E-state index is 0.102. The van der Waals surface area contributed by atoms with Crippen LogP contribution in [0.1, 0.15) is 51.8 Å². The normalized spacial score (nSPS) is 14.6. The molecule has 4 rings (SSSR count). The Balaban J connectivity index is 1.50. The molecule has 11 nitrogen and oxygen atoms in total. The van der Waals surface area contributed by atoms with Crippen LogP contribution in [0.4, 0.5) is 14.9 Å². The summed E-state index contributed by atoms with van der Waals surface area (Å²) in [6.07, 6.45) is 3.72. The summed E-state index contributed by atoms with van der Waals surface area (Å²) in [7, 11) is -2.57. The molecule has 2 aromatic carbocycles. The molecule has 0 unspecified atom stereocenters. The van der Waals surface area contributed by atoms with E-state index in [1.807, 2.05) is 26.8 Å². The van der Waals surface area contributed by atoms with Gasteiger partial charge in [0, 0.05) is 38.9 Å². The molecule has 224 valence electrons. The minimum Gasteiger partial charge on any atom is -0.453 e. The molecule has 1 fully saturated rings. The van der Waals surface area contributed by atoms with Crippen molar-refractivity contribution in [3.63, 3.8) is 0 Å². The maximum absolute atomic E-state index is 14.8. The van der Waals surface area contributed by atoms with E-state index in [1.54, 1.807) is 36.2 Å². The van der Waals surface area contributed by atoms with E-state index in [2.05, 4.69) is 9.71 Å². The van der Waals surface area contributed by atoms with Gasteiger partial charge in [0.15, 0.2) is 11.6 Å². The number of amides is 1. The number of nitrogens with zero attached hydrogens (tertiary/aromatic N) is 5. The fourth-order valence-electron chi connectivity index (χ4n) is 4.49. The second-order valence-electron chi connectivity index (χ2n) is 11.2. The first-order valence-electron chi connectivity index (χ1n) is 13.7. The van der Waals surface area contributed by atoms with Gasteiger partial charge in [0.25, 0.3) is 0 Å². The standard InChI is InChI=1S/C29H35FN6O5S/c1-6-35(5)42(38,39)34-24-10-8-23(30)27(22(24)17-31)40-21-7-9-25-26(16-21)33-20(18-32-25)15-19-11-13-36(14-12-19)28(37)41-29(2,3)4/h7-10,16,18-19,34H,6,11-15H2,1-5H3. The third kappa shape index (κ3) is 7.43. The van der Waals surface area contributed by atoms with Crippen LogP contribution in [0.2, 0.25) is 0 Å². The van der Waals surface area contributed by atoms with Crippen molar-refractivity contribution in [1.29, 1.82) is 5.26 Å². The summed E-state index contributed by atoms with van der Waals surface area (Å²) in [6, 6.07) is 8.91. The number of carbonyl (C=O) groups excluding carboxylic acids is 1. The van der Waals surface area contributed by atoms with E-state index < -0.39 is 27.4 Å². The predicted octanol–water partition coefficient (Wildman–Crippen LogP) is 5.23. The van der Waals surface area contributed by atoms with E-state index >= 15 is 0 Å². The average Bonchev–Trinajstić information content (AvgIpc) is 2.93. The van der Waals surface area contributed by atoms with Crippen LogP contribution in [0.5, 0.6) is 11.5 Å². The van der Waals surface area contributed by atoms with Crippen molar-refractivity contribution in [2.75, 3.05) is 31.4 Å². The van der Waals surface area contributed by atoms with Crippen molar-refractivity contribution in [2.45, 2.75) is 52.6 Å². The summed E-state index contributed by atoms with van der Waals surface area (Å²) in [5.74, 6) is -0.700. The van der Waals surface area contributed by atoms with Crippen LogP contribution in [0, 0.1) is 23.1 Å². The second-order valence-corrected chi connectivity index (χ2v) is 12.9. The molecule has 1 saturated heterocycles. The molecule has 1 aliphatic rings. The van der Waals surface area contributed by atoms with Gasteiger partial charge in [-0.3, -0.25) is 9.71 Å². The summed E-state index contributed by atoms with van der Waals surface area (Å²) < 4.78 is 54.5. The lowest BCUT2D eigenvalue weighted by atomic mass is 9.92. The van der Waals surface area contributed by atoms with Crippen LogP contribution in [0.15, 0.2) is 36.5 Å². The number of nitrogens with one attached hydrogen (secondary N) is 1. The quantitative estimate of drug-likeness (QED) is 0.372. The number of likely N-dealkylation sites (tertiary alicyclic amines) is 1. The number of carbonyl (C=O) groups is 1. The third-order valence-corrected chi connectivity index (χ3v) is 8.42. The number of nitriles is 1. The van der Waals surface area contributed by atoms with Crippen LogP contribution >= 0.6 is 0 Å². The molecule has 42 heavy (non-hydrogen) atoms. The van der Waals surface area contributed by atoms with E-state index in [9.17, 15) is 22.9 Å². The zero-order chi connectivity index (χ0) is 30.7. The van der Waals surface area contributed by atoms with Gasteiger partial charge in [-0.15, -0.1) is 0 Å². The number of aromatic nitrogens is 2. The molecule has 1 amide bonds. The number of hydrogen-bond donors (Lipinski definition) is 1. The van der Waals surface area contributed by atoms with Gasteiger partial charge in [-0.1, -0.05) is 6.92 Å². The Labute approximate surface area is 245 Å². The SMILES string of the molecule is CCN(C)S(=O)(=O)Nc1ccc(F)c(Oc2ccc3ncc(CC4CCN(C(=O)OC(C)(C)C)CC4)nc3c2)c1C#N. The highest BCUT2D eigenvalue weighted by Crippen LogP contribution is 2.34. The molecule has 1 aliphatic heterocycles. The average molecular weight is 599 g/mol. The van der Waals surface area contributed by atoms with Crippen LogP contribution in [0.25, 0.3) is 11.0 Å². The van der Waals surface area contributed by atoms with Gasteiger partial charge in [-0.2, -0.15) is 18.0 Å². The molecule has 0 bridgehead atoms. The Kier molecular flexibility index (Phi) is 9.18. The Morgan fingerprint density at radius 3 is 2.57 bits per heavy atom. The fourth-order valence-corrected chi connectivity index (χ4v) is 5.43. The molecule has 0 aliphatic carbocycles. The summed E-state index contributed by atoms with van der Waals surface area (Å²) in [5.41, 5.74) is 0.976. The van der Waals surface area contributed by atoms with Crippen molar-refractivity contribution >= 4 is 33.0 Å². The van der Waals surface area contributed by atoms with E-state index in [0.717, 1.165) is 28.9 Å². The first-order valence-corrected chi connectivity index (χ1v) is 15.1. The second kappa shape index (κ2) is 12.5. The number of rotatable bonds is 8. The van der Waals surface area contributed by atoms with Gasteiger partial charge in [0.1, 0.15) is 23.0 Å². The molecule has 1 N–H and O–H groups in total. The van der Waals surface area contributed by atoms with Crippen molar-refractivity contribution in [3.05, 3.63) is 53.6 Å². The molecule has 0 radical (unpaired) electrons. The number of fused-ring (bicyclic) bond motifs is 1. The van der Waals surface area contributed by atoms with Crippen molar-refractivity contribution in [2.24, 2.45) is 5.92 Å². The summed E-state index contributed by atoms with van der Waals surface area (Å²) in [5, 5.41) is 9.76. The van der Waals surface area contributed by atoms with Crippen molar-refractivity contribution in [3.8, 4) is 17.6 Å². The van der Waals surface area contributed by atoms with Gasteiger partial charge in [-0.05, 0) is 70.2 Å². The van der Waals surface area contributed by atoms with Crippen LogP contribution in [-0.2, 0) is 21.4 Å². The number of anilines is 1. The Hall–Kier alpha value is -4.02. The van der Waals surface area contributed by atoms with Crippen LogP contribution in [-0.4, -0.2) is 66.0 Å². The Morgan fingerprint density at radius 1 is 1.21 bits per heavy atom. The molecule has 0 atom stereocenters. The molecule has 1 aromatic heterocycles. The monoisotopic (exact) mass is 598 g/mol. The molecule has 0 spiro atoms. The van der Waals surface area contributed by atoms with Gasteiger partial charge in [0.2, 0.25) is 0 Å². The van der Waals surface area contributed by atoms with E-state index in [0.29, 0.717) is 36.5 Å². The highest BCUT2D eigenvalue weighted by atomic mass is 32.2. The highest BCUT2D eigenvalue weighted by molar-refractivity contribution is 7.90. The molecule has 3 aromatic rings. The number of hydrogen-bond acceptors (Lipinski definition) is 8. The van der Waals surface area contributed by atoms with E-state index in [4.69, 9.17) is 14.5 Å². The van der Waals surface area contributed by atoms with Crippen LogP contribution in [0.3, 0.4) is 0 Å². The largest absolute Gasteiger partial charge is 0.453 e. The molecule has 0 saturated carbocycles. The molecule has 13 heteroatoms. The van der Waals surface area contributed by atoms with E-state index in [1.165, 1.54) is 13.1 Å². The first kappa shape index (κ1) is 30.9. The van der Waals surface area contributed by atoms with Crippen molar-refractivity contribution < 1.29 is 27.1 Å². The smallest absolute Gasteiger partial charge is 0.410 e. The predicted molar refractivity (Wildman–Crippen MR) is 156 cm³/mol. The van der Waals surface area contributed by atoms with Gasteiger partial charge in [-0.25, -0.2) is 14.2 Å². The molecule has 2 heterocycles. The number of benzene rings is 2. The summed E-state index contributed by atoms with van der Waals surface area (Å²) in [6.45, 7) is 8.62. The van der Waals surface area contributed by atoms with E-state index in [-0.39, 0.29) is 29.6 Å². The topological polar surface area (TPSA) is 138 Å². The highest BCUT2D eigenvalue weighted by Gasteiger charge is 2.27. The Morgan fingerprint density at radius 2 is 1.93 bits per heavy atom. The lowest BCUT2D eigenvalue weighted by Crippen LogP contribution is -2.42. The molecular formula is C29H35FN6O5S. The van der Waals surface area contributed by atoms with Gasteiger partial charge in [0.05, 0.1) is 22.4 Å². The summed E-state index contributed by atoms with van der Waals surface area (Å²) in [4.78, 5) is 23.3. The number of piperidine rings is 1. The lowest BCUT2D eigenvalue weighted by Gasteiger charge is -2.33. The maximum Gasteiger partial charge on any atom is 0.410 e. The van der Waals surface area contributed by atoms with Crippen molar-refractivity contribution in [1.82, 2.24) is 19.2 Å². The van der Waals surface area contributed by atoms with Crippen LogP contribution < -0.4 is 9.46 Å². The third-order valence-electron chi connectivity index (χ3n) is 6.86. The maximum atomic E-state index is 14.8.